The van der Waals surface area contributed by atoms with Crippen LogP contribution >= 0.6 is 0 Å². The number of rotatable bonds is 2. The zero-order valence-corrected chi connectivity index (χ0v) is 12.1. The summed E-state index contributed by atoms with van der Waals surface area (Å²) in [5, 5.41) is 6.41. The summed E-state index contributed by atoms with van der Waals surface area (Å²) in [5.74, 6) is 0.275. The van der Waals surface area contributed by atoms with Crippen molar-refractivity contribution >= 4 is 22.6 Å². The summed E-state index contributed by atoms with van der Waals surface area (Å²) in [4.78, 5) is 26.4. The fourth-order valence-corrected chi connectivity index (χ4v) is 3.00. The quantitative estimate of drug-likeness (QED) is 0.830. The summed E-state index contributed by atoms with van der Waals surface area (Å²) in [6.07, 6.45) is 0. The van der Waals surface area contributed by atoms with E-state index in [-0.39, 0.29) is 28.9 Å². The molecule has 0 saturated carbocycles. The Morgan fingerprint density at radius 1 is 1.48 bits per heavy atom. The molecule has 0 fully saturated rings. The monoisotopic (exact) mass is 291 g/mol. The molecule has 3 N–H and O–H groups in total. The topological polar surface area (TPSA) is 106 Å². The number of H-pyrrole nitrogens is 1. The number of nitrogen functional groups attached to an aromatic ring is 1. The lowest BCUT2D eigenvalue weighted by Gasteiger charge is -2.32. The molecule has 0 aromatic carbocycles. The number of likely N-dealkylation sites (N-methyl/N-ethyl adjacent to an activating group) is 1. The lowest BCUT2D eigenvalue weighted by Crippen LogP contribution is -2.41. The maximum Gasteiger partial charge on any atom is 0.277 e. The molecule has 3 heterocycles. The van der Waals surface area contributed by atoms with Crippen LogP contribution in [0.4, 0.5) is 5.82 Å². The number of hydrogen-bond acceptors (Lipinski definition) is 5. The molecular weight excluding hydrogens is 274 g/mol. The average Bonchev–Trinajstić information content (AvgIpc) is 2.83. The number of carbonyl (C=O) groups excluding carboxylic acids is 1. The zero-order chi connectivity index (χ0) is 15.3. The van der Waals surface area contributed by atoms with Crippen molar-refractivity contribution in [1.29, 1.82) is 0 Å². The van der Waals surface area contributed by atoms with Gasteiger partial charge in [0, 0.05) is 19.1 Å². The standard InChI is InChI=1S/C13H17N5O3/c1-4-17-5-6(2)18-8-7(12(19)16-15-11(8)14)10(21-3)9(18)13(17)20/h6H,4-5H2,1-3H3,(H2,14,15)(H,16,19). The van der Waals surface area contributed by atoms with Gasteiger partial charge in [-0.2, -0.15) is 5.10 Å². The van der Waals surface area contributed by atoms with E-state index in [9.17, 15) is 9.59 Å². The molecule has 1 aliphatic rings. The fourth-order valence-electron chi connectivity index (χ4n) is 3.00. The summed E-state index contributed by atoms with van der Waals surface area (Å²) >= 11 is 0. The lowest BCUT2D eigenvalue weighted by atomic mass is 10.2. The molecule has 3 rings (SSSR count). The van der Waals surface area contributed by atoms with Crippen LogP contribution in [0.1, 0.15) is 30.4 Å². The third-order valence-corrected chi connectivity index (χ3v) is 3.91. The SMILES string of the molecule is CCN1CC(C)n2c(c(OC)c3c(=O)[nH]nc(N)c32)C1=O. The van der Waals surface area contributed by atoms with Gasteiger partial charge in [-0.3, -0.25) is 9.59 Å². The molecule has 0 spiro atoms. The molecule has 1 aliphatic heterocycles. The second-order valence-electron chi connectivity index (χ2n) is 5.11. The van der Waals surface area contributed by atoms with Crippen LogP contribution in [0.25, 0.3) is 10.9 Å². The summed E-state index contributed by atoms with van der Waals surface area (Å²) < 4.78 is 7.11. The number of hydrogen-bond donors (Lipinski definition) is 2. The number of amides is 1. The van der Waals surface area contributed by atoms with Crippen molar-refractivity contribution in [2.75, 3.05) is 25.9 Å². The zero-order valence-electron chi connectivity index (χ0n) is 12.1. The fraction of sp³-hybridized carbons (Fsp3) is 0.462. The Kier molecular flexibility index (Phi) is 2.89. The molecule has 1 atom stereocenters. The highest BCUT2D eigenvalue weighted by Gasteiger charge is 2.36. The van der Waals surface area contributed by atoms with E-state index >= 15 is 0 Å². The van der Waals surface area contributed by atoms with Gasteiger partial charge in [-0.1, -0.05) is 0 Å². The van der Waals surface area contributed by atoms with Gasteiger partial charge in [0.2, 0.25) is 0 Å². The van der Waals surface area contributed by atoms with E-state index in [0.717, 1.165) is 0 Å². The second-order valence-corrected chi connectivity index (χ2v) is 5.11. The van der Waals surface area contributed by atoms with Gasteiger partial charge in [0.15, 0.2) is 17.3 Å². The number of aromatic amines is 1. The van der Waals surface area contributed by atoms with Crippen molar-refractivity contribution in [2.45, 2.75) is 19.9 Å². The van der Waals surface area contributed by atoms with Crippen molar-refractivity contribution in [3.05, 3.63) is 16.0 Å². The number of anilines is 1. The second kappa shape index (κ2) is 4.51. The molecule has 8 heteroatoms. The Balaban J connectivity index is 2.48. The Labute approximate surface area is 120 Å². The van der Waals surface area contributed by atoms with E-state index in [1.807, 2.05) is 13.8 Å². The molecule has 0 radical (unpaired) electrons. The first-order chi connectivity index (χ1) is 10.0. The average molecular weight is 291 g/mol. The van der Waals surface area contributed by atoms with Gasteiger partial charge in [-0.05, 0) is 13.8 Å². The van der Waals surface area contributed by atoms with E-state index in [1.54, 1.807) is 9.47 Å². The molecule has 1 amide bonds. The van der Waals surface area contributed by atoms with Gasteiger partial charge in [0.1, 0.15) is 10.9 Å². The Morgan fingerprint density at radius 3 is 2.81 bits per heavy atom. The van der Waals surface area contributed by atoms with Crippen LogP contribution in [0.5, 0.6) is 5.75 Å². The van der Waals surface area contributed by atoms with Crippen LogP contribution in [0.2, 0.25) is 0 Å². The molecule has 2 aromatic heterocycles. The summed E-state index contributed by atoms with van der Waals surface area (Å²) in [7, 11) is 1.44. The minimum absolute atomic E-state index is 0.0186. The molecule has 0 saturated heterocycles. The Bertz CT molecular complexity index is 791. The third-order valence-electron chi connectivity index (χ3n) is 3.91. The highest BCUT2D eigenvalue weighted by molar-refractivity contribution is 6.06. The molecule has 21 heavy (non-hydrogen) atoms. The maximum absolute atomic E-state index is 12.6. The summed E-state index contributed by atoms with van der Waals surface area (Å²) in [5.41, 5.74) is 6.31. The van der Waals surface area contributed by atoms with Gasteiger partial charge in [0.25, 0.3) is 11.5 Å². The number of fused-ring (bicyclic) bond motifs is 3. The predicted molar refractivity (Wildman–Crippen MR) is 77.6 cm³/mol. The van der Waals surface area contributed by atoms with Gasteiger partial charge < -0.3 is 19.9 Å². The first-order valence-corrected chi connectivity index (χ1v) is 6.76. The number of aromatic nitrogens is 3. The number of nitrogens with zero attached hydrogens (tertiary/aromatic N) is 3. The minimum atomic E-state index is -0.416. The van der Waals surface area contributed by atoms with Crippen LogP contribution < -0.4 is 16.0 Å². The number of methoxy groups -OCH3 is 1. The van der Waals surface area contributed by atoms with Crippen molar-refractivity contribution in [1.82, 2.24) is 19.7 Å². The minimum Gasteiger partial charge on any atom is -0.493 e. The molecule has 0 aliphatic carbocycles. The van der Waals surface area contributed by atoms with Crippen molar-refractivity contribution < 1.29 is 9.53 Å². The van der Waals surface area contributed by atoms with Crippen molar-refractivity contribution in [3.63, 3.8) is 0 Å². The van der Waals surface area contributed by atoms with E-state index in [0.29, 0.717) is 24.3 Å². The number of nitrogens with two attached hydrogens (primary N) is 1. The van der Waals surface area contributed by atoms with Crippen LogP contribution in [0.3, 0.4) is 0 Å². The Hall–Kier alpha value is -2.51. The molecule has 112 valence electrons. The predicted octanol–water partition coefficient (Wildman–Crippen LogP) is 0.352. The van der Waals surface area contributed by atoms with E-state index < -0.39 is 5.56 Å². The molecule has 8 nitrogen and oxygen atoms in total. The number of carbonyl (C=O) groups is 1. The normalized spacial score (nSPS) is 18.1. The Morgan fingerprint density at radius 2 is 2.19 bits per heavy atom. The van der Waals surface area contributed by atoms with Crippen molar-refractivity contribution in [3.8, 4) is 5.75 Å². The van der Waals surface area contributed by atoms with Crippen molar-refractivity contribution in [2.24, 2.45) is 0 Å². The molecule has 0 bridgehead atoms. The molecular formula is C13H17N5O3. The van der Waals surface area contributed by atoms with Gasteiger partial charge in [-0.15, -0.1) is 0 Å². The van der Waals surface area contributed by atoms with E-state index in [1.165, 1.54) is 7.11 Å². The van der Waals surface area contributed by atoms with Crippen LogP contribution in [0.15, 0.2) is 4.79 Å². The first-order valence-electron chi connectivity index (χ1n) is 6.76. The smallest absolute Gasteiger partial charge is 0.277 e. The maximum atomic E-state index is 12.6. The van der Waals surface area contributed by atoms with Crippen LogP contribution in [-0.4, -0.2) is 45.8 Å². The largest absolute Gasteiger partial charge is 0.493 e. The van der Waals surface area contributed by atoms with Crippen LogP contribution in [-0.2, 0) is 0 Å². The first kappa shape index (κ1) is 13.5. The van der Waals surface area contributed by atoms with Gasteiger partial charge in [0.05, 0.1) is 7.11 Å². The highest BCUT2D eigenvalue weighted by Crippen LogP contribution is 2.38. The van der Waals surface area contributed by atoms with E-state index in [2.05, 4.69) is 10.2 Å². The molecule has 1 unspecified atom stereocenters. The lowest BCUT2D eigenvalue weighted by molar-refractivity contribution is 0.0686. The van der Waals surface area contributed by atoms with Gasteiger partial charge in [-0.25, -0.2) is 5.10 Å². The highest BCUT2D eigenvalue weighted by atomic mass is 16.5. The summed E-state index contributed by atoms with van der Waals surface area (Å²) in [6, 6.07) is -0.0186. The number of ether oxygens (including phenoxy) is 1. The molecule has 2 aromatic rings. The third kappa shape index (κ3) is 1.65. The van der Waals surface area contributed by atoms with E-state index in [4.69, 9.17) is 10.5 Å². The summed E-state index contributed by atoms with van der Waals surface area (Å²) in [6.45, 7) is 5.04. The number of nitrogens with one attached hydrogen (secondary N) is 1. The van der Waals surface area contributed by atoms with Gasteiger partial charge >= 0.3 is 0 Å². The van der Waals surface area contributed by atoms with Crippen LogP contribution in [0, 0.1) is 0 Å².